The summed E-state index contributed by atoms with van der Waals surface area (Å²) in [5.74, 6) is -0.594. The lowest BCUT2D eigenvalue weighted by atomic mass is 10.1. The van der Waals surface area contributed by atoms with Crippen LogP contribution < -0.4 is 5.32 Å². The van der Waals surface area contributed by atoms with Crippen molar-refractivity contribution in [3.05, 3.63) is 64.2 Å². The van der Waals surface area contributed by atoms with Crippen LogP contribution in [0.25, 0.3) is 0 Å². The summed E-state index contributed by atoms with van der Waals surface area (Å²) in [7, 11) is 1.62. The number of nitro groups is 1. The third-order valence-electron chi connectivity index (χ3n) is 3.96. The van der Waals surface area contributed by atoms with Crippen molar-refractivity contribution in [3.8, 4) is 0 Å². The van der Waals surface area contributed by atoms with Crippen LogP contribution in [0, 0.1) is 10.1 Å². The summed E-state index contributed by atoms with van der Waals surface area (Å²) in [5, 5.41) is 13.5. The lowest BCUT2D eigenvalue weighted by Gasteiger charge is -2.25. The zero-order valence-corrected chi connectivity index (χ0v) is 14.5. The monoisotopic (exact) mass is 357 g/mol. The Hall–Kier alpha value is -3.36. The number of aromatic nitrogens is 2. The van der Waals surface area contributed by atoms with Gasteiger partial charge in [0.05, 0.1) is 17.2 Å². The zero-order chi connectivity index (χ0) is 19.1. The second-order valence-corrected chi connectivity index (χ2v) is 5.63. The van der Waals surface area contributed by atoms with Gasteiger partial charge < -0.3 is 10.2 Å². The van der Waals surface area contributed by atoms with Crippen molar-refractivity contribution in [2.24, 2.45) is 0 Å². The van der Waals surface area contributed by atoms with Gasteiger partial charge >= 0.3 is 0 Å². The molecule has 2 amide bonds. The molecule has 0 saturated heterocycles. The molecule has 136 valence electrons. The van der Waals surface area contributed by atoms with Crippen LogP contribution in [-0.2, 0) is 4.79 Å². The minimum absolute atomic E-state index is 0.0218. The van der Waals surface area contributed by atoms with Gasteiger partial charge in [-0.25, -0.2) is 4.98 Å². The minimum atomic E-state index is -0.472. The molecule has 26 heavy (non-hydrogen) atoms. The largest absolute Gasteiger partial charge is 0.350 e. The fourth-order valence-corrected chi connectivity index (χ4v) is 2.30. The zero-order valence-electron chi connectivity index (χ0n) is 14.5. The Labute approximate surface area is 150 Å². The number of nitro benzene ring substituents is 1. The maximum Gasteiger partial charge on any atom is 0.271 e. The van der Waals surface area contributed by atoms with E-state index in [2.05, 4.69) is 15.3 Å². The molecule has 0 aliphatic rings. The van der Waals surface area contributed by atoms with E-state index in [1.54, 1.807) is 26.1 Å². The number of nitrogens with zero attached hydrogens (tertiary/aromatic N) is 4. The second-order valence-electron chi connectivity index (χ2n) is 5.63. The summed E-state index contributed by atoms with van der Waals surface area (Å²) >= 11 is 0. The molecule has 0 radical (unpaired) electrons. The number of hydrogen-bond acceptors (Lipinski definition) is 6. The molecule has 0 unspecified atom stereocenters. The highest BCUT2D eigenvalue weighted by Crippen LogP contribution is 2.23. The lowest BCUT2D eigenvalue weighted by molar-refractivity contribution is -0.384. The molecule has 1 heterocycles. The first-order chi connectivity index (χ1) is 12.4. The number of hydrogen-bond donors (Lipinski definition) is 1. The molecule has 0 aliphatic heterocycles. The van der Waals surface area contributed by atoms with E-state index in [0.717, 1.165) is 0 Å². The van der Waals surface area contributed by atoms with Crippen molar-refractivity contribution in [1.29, 1.82) is 0 Å². The first-order valence-corrected chi connectivity index (χ1v) is 7.94. The standard InChI is InChI=1S/C17H19N5O4/c1-12(13-4-3-5-14(10-13)22(25)26)21(2)16(23)6-7-20-17(24)15-11-18-8-9-19-15/h3-5,8-12H,6-7H2,1-2H3,(H,20,24)/t12-/m1/s1. The molecule has 0 fully saturated rings. The summed E-state index contributed by atoms with van der Waals surface area (Å²) in [4.78, 5) is 43.7. The molecule has 1 aromatic heterocycles. The van der Waals surface area contributed by atoms with Crippen LogP contribution >= 0.6 is 0 Å². The van der Waals surface area contributed by atoms with Gasteiger partial charge in [0.2, 0.25) is 5.91 Å². The SMILES string of the molecule is C[C@H](c1cccc([N+](=O)[O-])c1)N(C)C(=O)CCNC(=O)c1cnccn1. The van der Waals surface area contributed by atoms with Crippen molar-refractivity contribution < 1.29 is 14.5 Å². The fourth-order valence-electron chi connectivity index (χ4n) is 2.30. The third kappa shape index (κ3) is 4.82. The van der Waals surface area contributed by atoms with E-state index >= 15 is 0 Å². The molecule has 2 rings (SSSR count). The summed E-state index contributed by atoms with van der Waals surface area (Å²) in [6.07, 6.45) is 4.31. The number of benzene rings is 1. The number of carbonyl (C=O) groups excluding carboxylic acids is 2. The highest BCUT2D eigenvalue weighted by Gasteiger charge is 2.19. The van der Waals surface area contributed by atoms with Crippen LogP contribution in [0.4, 0.5) is 5.69 Å². The van der Waals surface area contributed by atoms with Crippen molar-refractivity contribution in [2.75, 3.05) is 13.6 Å². The smallest absolute Gasteiger partial charge is 0.271 e. The van der Waals surface area contributed by atoms with Gasteiger partial charge in [0.25, 0.3) is 11.6 Å². The fraction of sp³-hybridized carbons (Fsp3) is 0.294. The number of amides is 2. The van der Waals surface area contributed by atoms with Crippen molar-refractivity contribution in [1.82, 2.24) is 20.2 Å². The van der Waals surface area contributed by atoms with Crippen molar-refractivity contribution in [2.45, 2.75) is 19.4 Å². The summed E-state index contributed by atoms with van der Waals surface area (Å²) in [5.41, 5.74) is 0.823. The van der Waals surface area contributed by atoms with Gasteiger partial charge in [-0.1, -0.05) is 12.1 Å². The van der Waals surface area contributed by atoms with Crippen molar-refractivity contribution in [3.63, 3.8) is 0 Å². The predicted molar refractivity (Wildman–Crippen MR) is 93.3 cm³/mol. The molecule has 0 saturated carbocycles. The maximum absolute atomic E-state index is 12.3. The van der Waals surface area contributed by atoms with Gasteiger partial charge in [0, 0.05) is 44.5 Å². The Balaban J connectivity index is 1.89. The van der Waals surface area contributed by atoms with Crippen LogP contribution in [0.15, 0.2) is 42.9 Å². The minimum Gasteiger partial charge on any atom is -0.350 e. The van der Waals surface area contributed by atoms with E-state index in [-0.39, 0.29) is 36.3 Å². The molecule has 1 aromatic carbocycles. The molecule has 2 aromatic rings. The Morgan fingerprint density at radius 3 is 2.77 bits per heavy atom. The maximum atomic E-state index is 12.3. The van der Waals surface area contributed by atoms with Gasteiger partial charge in [-0.05, 0) is 12.5 Å². The van der Waals surface area contributed by atoms with E-state index in [0.29, 0.717) is 5.56 Å². The van der Waals surface area contributed by atoms with Crippen molar-refractivity contribution >= 4 is 17.5 Å². The Kier molecular flexibility index (Phi) is 6.31. The number of non-ortho nitro benzene ring substituents is 1. The average molecular weight is 357 g/mol. The normalized spacial score (nSPS) is 11.5. The van der Waals surface area contributed by atoms with Gasteiger partial charge in [-0.3, -0.25) is 24.7 Å². The van der Waals surface area contributed by atoms with E-state index in [1.807, 2.05) is 0 Å². The van der Waals surface area contributed by atoms with E-state index in [4.69, 9.17) is 0 Å². The highest BCUT2D eigenvalue weighted by molar-refractivity contribution is 5.92. The van der Waals surface area contributed by atoms with Crippen LogP contribution in [0.1, 0.15) is 35.4 Å². The lowest BCUT2D eigenvalue weighted by Crippen LogP contribution is -2.34. The van der Waals surface area contributed by atoms with Gasteiger partial charge in [-0.2, -0.15) is 0 Å². The van der Waals surface area contributed by atoms with Gasteiger partial charge in [0.1, 0.15) is 5.69 Å². The summed E-state index contributed by atoms with van der Waals surface area (Å²) < 4.78 is 0. The summed E-state index contributed by atoms with van der Waals surface area (Å²) in [6, 6.07) is 5.84. The number of nitrogens with one attached hydrogen (secondary N) is 1. The molecule has 0 bridgehead atoms. The molecule has 9 nitrogen and oxygen atoms in total. The van der Waals surface area contributed by atoms with Crippen LogP contribution in [-0.4, -0.2) is 45.2 Å². The molecular weight excluding hydrogens is 338 g/mol. The molecular formula is C17H19N5O4. The van der Waals surface area contributed by atoms with Crippen LogP contribution in [0.3, 0.4) is 0 Å². The average Bonchev–Trinajstić information content (AvgIpc) is 2.67. The van der Waals surface area contributed by atoms with Crippen LogP contribution in [0.5, 0.6) is 0 Å². The molecule has 0 spiro atoms. The van der Waals surface area contributed by atoms with Gasteiger partial charge in [-0.15, -0.1) is 0 Å². The first kappa shape index (κ1) is 19.0. The first-order valence-electron chi connectivity index (χ1n) is 7.94. The number of rotatable bonds is 7. The Morgan fingerprint density at radius 1 is 1.35 bits per heavy atom. The van der Waals surface area contributed by atoms with Crippen LogP contribution in [0.2, 0.25) is 0 Å². The Morgan fingerprint density at radius 2 is 2.12 bits per heavy atom. The van der Waals surface area contributed by atoms with Gasteiger partial charge in [0.15, 0.2) is 0 Å². The highest BCUT2D eigenvalue weighted by atomic mass is 16.6. The molecule has 0 aliphatic carbocycles. The second kappa shape index (κ2) is 8.65. The van der Waals surface area contributed by atoms with E-state index < -0.39 is 10.8 Å². The molecule has 1 N–H and O–H groups in total. The number of carbonyl (C=O) groups is 2. The quantitative estimate of drug-likeness (QED) is 0.595. The summed E-state index contributed by atoms with van der Waals surface area (Å²) in [6.45, 7) is 1.94. The Bertz CT molecular complexity index is 797. The molecule has 9 heteroatoms. The topological polar surface area (TPSA) is 118 Å². The van der Waals surface area contributed by atoms with E-state index in [9.17, 15) is 19.7 Å². The molecule has 1 atom stereocenters. The predicted octanol–water partition coefficient (Wildman–Crippen LogP) is 1.72. The third-order valence-corrected chi connectivity index (χ3v) is 3.96. The van der Waals surface area contributed by atoms with E-state index in [1.165, 1.54) is 35.6 Å².